The van der Waals surface area contributed by atoms with Crippen molar-refractivity contribution in [1.82, 2.24) is 4.90 Å². The Labute approximate surface area is 92.5 Å². The van der Waals surface area contributed by atoms with Gasteiger partial charge in [0.15, 0.2) is 0 Å². The molecule has 1 radical (unpaired) electrons. The van der Waals surface area contributed by atoms with Crippen LogP contribution in [0.4, 0.5) is 0 Å². The van der Waals surface area contributed by atoms with Crippen molar-refractivity contribution >= 4 is 5.97 Å². The van der Waals surface area contributed by atoms with Crippen LogP contribution >= 0.6 is 0 Å². The maximum atomic E-state index is 11.3. The summed E-state index contributed by atoms with van der Waals surface area (Å²) in [6.45, 7) is 11.6. The summed E-state index contributed by atoms with van der Waals surface area (Å²) in [4.78, 5) is 13.4. The van der Waals surface area contributed by atoms with Crippen LogP contribution in [0.3, 0.4) is 0 Å². The Morgan fingerprint density at radius 1 is 1.60 bits per heavy atom. The van der Waals surface area contributed by atoms with Crippen molar-refractivity contribution in [1.29, 1.82) is 0 Å². The van der Waals surface area contributed by atoms with Crippen LogP contribution in [0.2, 0.25) is 0 Å². The molecule has 1 aliphatic heterocycles. The monoisotopic (exact) mass is 212 g/mol. The van der Waals surface area contributed by atoms with E-state index in [1.807, 2.05) is 20.8 Å². The normalized spacial score (nSPS) is 25.5. The van der Waals surface area contributed by atoms with Gasteiger partial charge in [0.1, 0.15) is 6.04 Å². The third-order valence-electron chi connectivity index (χ3n) is 3.14. The van der Waals surface area contributed by atoms with Crippen LogP contribution in [0, 0.1) is 18.3 Å². The van der Waals surface area contributed by atoms with Crippen molar-refractivity contribution in [2.24, 2.45) is 11.3 Å². The van der Waals surface area contributed by atoms with Gasteiger partial charge in [0.25, 0.3) is 0 Å². The van der Waals surface area contributed by atoms with Gasteiger partial charge in [0.2, 0.25) is 0 Å². The van der Waals surface area contributed by atoms with E-state index < -0.39 is 5.97 Å². The van der Waals surface area contributed by atoms with Gasteiger partial charge in [0, 0.05) is 6.54 Å². The molecule has 1 rings (SSSR count). The standard InChI is InChI=1S/C12H22NO2/c1-5-9-6-7-13(8-9)10(11(14)15)12(2,3)4/h9-10H,1,5-8H2,2-4H3,(H,14,15). The minimum Gasteiger partial charge on any atom is -0.480 e. The number of hydrogen-bond acceptors (Lipinski definition) is 2. The number of hydrogen-bond donors (Lipinski definition) is 1. The predicted octanol–water partition coefficient (Wildman–Crippen LogP) is 2.03. The van der Waals surface area contributed by atoms with Crippen molar-refractivity contribution in [3.05, 3.63) is 6.92 Å². The Kier molecular flexibility index (Phi) is 3.77. The first-order valence-corrected chi connectivity index (χ1v) is 5.62. The Morgan fingerprint density at radius 3 is 2.53 bits per heavy atom. The van der Waals surface area contributed by atoms with Crippen molar-refractivity contribution in [3.8, 4) is 0 Å². The van der Waals surface area contributed by atoms with Gasteiger partial charge < -0.3 is 5.11 Å². The van der Waals surface area contributed by atoms with Crippen LogP contribution in [0.25, 0.3) is 0 Å². The summed E-state index contributed by atoms with van der Waals surface area (Å²) in [5, 5.41) is 9.27. The van der Waals surface area contributed by atoms with Gasteiger partial charge in [0.05, 0.1) is 0 Å². The fourth-order valence-electron chi connectivity index (χ4n) is 2.41. The molecule has 0 spiro atoms. The molecular weight excluding hydrogens is 190 g/mol. The summed E-state index contributed by atoms with van der Waals surface area (Å²) in [7, 11) is 0. The van der Waals surface area contributed by atoms with E-state index in [4.69, 9.17) is 0 Å². The predicted molar refractivity (Wildman–Crippen MR) is 60.5 cm³/mol. The average molecular weight is 212 g/mol. The van der Waals surface area contributed by atoms with Crippen molar-refractivity contribution in [2.75, 3.05) is 13.1 Å². The lowest BCUT2D eigenvalue weighted by molar-refractivity contribution is -0.147. The van der Waals surface area contributed by atoms with Gasteiger partial charge in [-0.2, -0.15) is 0 Å². The molecule has 3 nitrogen and oxygen atoms in total. The topological polar surface area (TPSA) is 40.5 Å². The quantitative estimate of drug-likeness (QED) is 0.778. The zero-order chi connectivity index (χ0) is 11.6. The first-order valence-electron chi connectivity index (χ1n) is 5.62. The van der Waals surface area contributed by atoms with Crippen molar-refractivity contribution < 1.29 is 9.90 Å². The third kappa shape index (κ3) is 2.94. The first-order chi connectivity index (χ1) is 6.86. The van der Waals surface area contributed by atoms with Gasteiger partial charge in [-0.05, 0) is 30.7 Å². The lowest BCUT2D eigenvalue weighted by Gasteiger charge is -2.34. The average Bonchev–Trinajstić information content (AvgIpc) is 2.49. The summed E-state index contributed by atoms with van der Waals surface area (Å²) in [5.41, 5.74) is -0.206. The number of carbonyl (C=O) groups is 1. The molecule has 0 saturated carbocycles. The van der Waals surface area contributed by atoms with Crippen LogP contribution in [0.1, 0.15) is 33.6 Å². The van der Waals surface area contributed by atoms with Crippen LogP contribution in [-0.4, -0.2) is 35.1 Å². The highest BCUT2D eigenvalue weighted by molar-refractivity contribution is 5.74. The number of likely N-dealkylation sites (tertiary alicyclic amines) is 1. The van der Waals surface area contributed by atoms with Gasteiger partial charge in [-0.25, -0.2) is 0 Å². The minimum absolute atomic E-state index is 0.206. The molecule has 0 aromatic carbocycles. The zero-order valence-electron chi connectivity index (χ0n) is 9.99. The van der Waals surface area contributed by atoms with Gasteiger partial charge in [-0.15, -0.1) is 0 Å². The summed E-state index contributed by atoms with van der Waals surface area (Å²) >= 11 is 0. The molecule has 0 aromatic rings. The molecule has 15 heavy (non-hydrogen) atoms. The van der Waals surface area contributed by atoms with Gasteiger partial charge in [-0.3, -0.25) is 9.69 Å². The van der Waals surface area contributed by atoms with E-state index in [1.54, 1.807) is 0 Å². The molecule has 0 bridgehead atoms. The summed E-state index contributed by atoms with van der Waals surface area (Å²) in [5.74, 6) is -0.124. The number of nitrogens with zero attached hydrogens (tertiary/aromatic N) is 1. The first kappa shape index (κ1) is 12.5. The molecule has 0 aliphatic carbocycles. The van der Waals surface area contributed by atoms with Crippen LogP contribution in [0.5, 0.6) is 0 Å². The fraction of sp³-hybridized carbons (Fsp3) is 0.833. The second-order valence-corrected chi connectivity index (χ2v) is 5.55. The Balaban J connectivity index is 2.71. The summed E-state index contributed by atoms with van der Waals surface area (Å²) in [6, 6.07) is -0.367. The molecule has 1 aliphatic rings. The van der Waals surface area contributed by atoms with E-state index in [9.17, 15) is 9.90 Å². The molecule has 2 unspecified atom stereocenters. The van der Waals surface area contributed by atoms with E-state index in [-0.39, 0.29) is 11.5 Å². The molecule has 1 saturated heterocycles. The fourth-order valence-corrected chi connectivity index (χ4v) is 2.41. The Bertz CT molecular complexity index is 232. The zero-order valence-corrected chi connectivity index (χ0v) is 9.99. The molecule has 0 amide bonds. The lowest BCUT2D eigenvalue weighted by atomic mass is 9.86. The molecule has 0 aromatic heterocycles. The highest BCUT2D eigenvalue weighted by atomic mass is 16.4. The maximum Gasteiger partial charge on any atom is 0.321 e. The van der Waals surface area contributed by atoms with Gasteiger partial charge in [-0.1, -0.05) is 27.7 Å². The number of carboxylic acid groups (broad SMARTS) is 1. The third-order valence-corrected chi connectivity index (χ3v) is 3.14. The van der Waals surface area contributed by atoms with E-state index in [0.717, 1.165) is 25.9 Å². The Morgan fingerprint density at radius 2 is 2.20 bits per heavy atom. The number of carboxylic acids is 1. The van der Waals surface area contributed by atoms with E-state index in [1.165, 1.54) is 0 Å². The molecular formula is C12H22NO2. The van der Waals surface area contributed by atoms with E-state index >= 15 is 0 Å². The summed E-state index contributed by atoms with van der Waals surface area (Å²) in [6.07, 6.45) is 2.00. The molecule has 1 N–H and O–H groups in total. The van der Waals surface area contributed by atoms with E-state index in [0.29, 0.717) is 5.92 Å². The van der Waals surface area contributed by atoms with Crippen LogP contribution in [0.15, 0.2) is 0 Å². The molecule has 1 heterocycles. The Hall–Kier alpha value is -0.570. The van der Waals surface area contributed by atoms with Crippen LogP contribution in [-0.2, 0) is 4.79 Å². The van der Waals surface area contributed by atoms with Crippen molar-refractivity contribution in [2.45, 2.75) is 39.7 Å². The maximum absolute atomic E-state index is 11.3. The molecule has 3 heteroatoms. The second kappa shape index (κ2) is 4.52. The highest BCUT2D eigenvalue weighted by Crippen LogP contribution is 2.30. The number of aliphatic carboxylic acids is 1. The van der Waals surface area contributed by atoms with Gasteiger partial charge >= 0.3 is 5.97 Å². The molecule has 87 valence electrons. The smallest absolute Gasteiger partial charge is 0.321 e. The van der Waals surface area contributed by atoms with Crippen LogP contribution < -0.4 is 0 Å². The highest BCUT2D eigenvalue weighted by Gasteiger charge is 2.39. The van der Waals surface area contributed by atoms with E-state index in [2.05, 4.69) is 11.8 Å². The lowest BCUT2D eigenvalue weighted by Crippen LogP contribution is -2.48. The SMILES string of the molecule is [CH2]CC1CCN(C(C(=O)O)C(C)(C)C)C1. The number of rotatable bonds is 3. The molecule has 1 fully saturated rings. The van der Waals surface area contributed by atoms with Crippen molar-refractivity contribution in [3.63, 3.8) is 0 Å². The minimum atomic E-state index is -0.702. The summed E-state index contributed by atoms with van der Waals surface area (Å²) < 4.78 is 0. The molecule has 2 atom stereocenters. The second-order valence-electron chi connectivity index (χ2n) is 5.55. The largest absolute Gasteiger partial charge is 0.480 e.